The van der Waals surface area contributed by atoms with Crippen molar-refractivity contribution in [3.63, 3.8) is 0 Å². The smallest absolute Gasteiger partial charge is 0.323 e. The topological polar surface area (TPSA) is 160 Å². The van der Waals surface area contributed by atoms with Crippen LogP contribution in [0.2, 0.25) is 0 Å². The largest absolute Gasteiger partial charge is 0.399 e. The lowest BCUT2D eigenvalue weighted by Gasteiger charge is -2.21. The summed E-state index contributed by atoms with van der Waals surface area (Å²) in [6.45, 7) is 3.99. The highest BCUT2D eigenvalue weighted by Crippen LogP contribution is 2.34. The summed E-state index contributed by atoms with van der Waals surface area (Å²) in [5.74, 6) is 0.936. The molecule has 8 N–H and O–H groups in total. The Balaban J connectivity index is 1.51. The van der Waals surface area contributed by atoms with Gasteiger partial charge in [0.2, 0.25) is 5.91 Å². The third-order valence-corrected chi connectivity index (χ3v) is 5.48. The molecule has 4 rings (SSSR count). The Labute approximate surface area is 203 Å². The van der Waals surface area contributed by atoms with Crippen molar-refractivity contribution >= 4 is 40.6 Å². The van der Waals surface area contributed by atoms with Crippen LogP contribution in [0.25, 0.3) is 0 Å². The fourth-order valence-corrected chi connectivity index (χ4v) is 3.59. The predicted molar refractivity (Wildman–Crippen MR) is 138 cm³/mol. The standard InChI is InChI=1S/C25H30N8O2/c1-14(2)30-22-20(23(29-13-28-22)33-24(34)16-6-7-16)21(27)15-8-10-18(11-9-15)31-25(35)32-19-5-3-4-17(26)12-19/h3-5,8-14,16,21H,6-7,26-27H2,1-2H3,(H2,31,32,35)(H2,28,29,30,33,34). The van der Waals surface area contributed by atoms with Crippen LogP contribution in [-0.4, -0.2) is 27.9 Å². The van der Waals surface area contributed by atoms with Crippen molar-refractivity contribution in [1.82, 2.24) is 9.97 Å². The zero-order chi connectivity index (χ0) is 24.9. The summed E-state index contributed by atoms with van der Waals surface area (Å²) in [7, 11) is 0. The van der Waals surface area contributed by atoms with Crippen molar-refractivity contribution in [2.45, 2.75) is 38.8 Å². The van der Waals surface area contributed by atoms with Crippen LogP contribution in [0.5, 0.6) is 0 Å². The van der Waals surface area contributed by atoms with E-state index in [1.807, 2.05) is 26.0 Å². The maximum absolute atomic E-state index is 12.4. The number of nitrogens with two attached hydrogens (primary N) is 2. The fourth-order valence-electron chi connectivity index (χ4n) is 3.59. The average Bonchev–Trinajstić information content (AvgIpc) is 3.65. The summed E-state index contributed by atoms with van der Waals surface area (Å²) in [6, 6.07) is 13.2. The Hall–Kier alpha value is -4.18. The zero-order valence-electron chi connectivity index (χ0n) is 19.7. The summed E-state index contributed by atoms with van der Waals surface area (Å²) in [5.41, 5.74) is 15.5. The predicted octanol–water partition coefficient (Wildman–Crippen LogP) is 3.92. The second-order valence-electron chi connectivity index (χ2n) is 8.85. The van der Waals surface area contributed by atoms with Crippen LogP contribution < -0.4 is 32.7 Å². The maximum Gasteiger partial charge on any atom is 0.323 e. The number of hydrogen-bond acceptors (Lipinski definition) is 7. The molecular weight excluding hydrogens is 444 g/mol. The number of nitrogens with zero attached hydrogens (tertiary/aromatic N) is 2. The van der Waals surface area contributed by atoms with Crippen molar-refractivity contribution < 1.29 is 9.59 Å². The van der Waals surface area contributed by atoms with Crippen molar-refractivity contribution in [1.29, 1.82) is 0 Å². The first-order valence-corrected chi connectivity index (χ1v) is 11.5. The third-order valence-electron chi connectivity index (χ3n) is 5.48. The van der Waals surface area contributed by atoms with E-state index in [0.717, 1.165) is 18.4 Å². The van der Waals surface area contributed by atoms with E-state index >= 15 is 0 Å². The summed E-state index contributed by atoms with van der Waals surface area (Å²) in [6.07, 6.45) is 3.18. The quantitative estimate of drug-likeness (QED) is 0.270. The van der Waals surface area contributed by atoms with Gasteiger partial charge in [-0.15, -0.1) is 0 Å². The minimum absolute atomic E-state index is 0.0272. The van der Waals surface area contributed by atoms with E-state index in [1.165, 1.54) is 6.33 Å². The summed E-state index contributed by atoms with van der Waals surface area (Å²) < 4.78 is 0. The molecule has 0 spiro atoms. The van der Waals surface area contributed by atoms with Gasteiger partial charge in [0.05, 0.1) is 11.6 Å². The molecule has 1 aromatic heterocycles. The molecule has 1 saturated carbocycles. The molecule has 10 heteroatoms. The van der Waals surface area contributed by atoms with Crippen LogP contribution >= 0.6 is 0 Å². The van der Waals surface area contributed by atoms with Crippen LogP contribution in [0.3, 0.4) is 0 Å². The molecule has 1 atom stereocenters. The van der Waals surface area contributed by atoms with Crippen LogP contribution in [0.15, 0.2) is 54.9 Å². The van der Waals surface area contributed by atoms with Crippen LogP contribution in [0, 0.1) is 5.92 Å². The monoisotopic (exact) mass is 474 g/mol. The van der Waals surface area contributed by atoms with Crippen molar-refractivity contribution in [3.05, 3.63) is 66.0 Å². The van der Waals surface area contributed by atoms with E-state index in [4.69, 9.17) is 11.5 Å². The SMILES string of the molecule is CC(C)Nc1ncnc(NC(=O)C2CC2)c1C(N)c1ccc(NC(=O)Nc2cccc(N)c2)cc1. The van der Waals surface area contributed by atoms with E-state index in [1.54, 1.807) is 36.4 Å². The van der Waals surface area contributed by atoms with Gasteiger partial charge in [-0.25, -0.2) is 14.8 Å². The molecule has 3 amide bonds. The Morgan fingerprint density at radius 2 is 1.63 bits per heavy atom. The number of benzene rings is 2. The van der Waals surface area contributed by atoms with Crippen LogP contribution in [0.1, 0.15) is 43.9 Å². The molecular formula is C25H30N8O2. The normalized spacial score (nSPS) is 13.7. The first-order chi connectivity index (χ1) is 16.8. The van der Waals surface area contributed by atoms with Gasteiger partial charge in [0.1, 0.15) is 18.0 Å². The molecule has 1 unspecified atom stereocenters. The molecule has 1 fully saturated rings. The minimum Gasteiger partial charge on any atom is -0.399 e. The zero-order valence-corrected chi connectivity index (χ0v) is 19.7. The second kappa shape index (κ2) is 10.4. The lowest BCUT2D eigenvalue weighted by atomic mass is 9.99. The third kappa shape index (κ3) is 6.24. The van der Waals surface area contributed by atoms with E-state index in [-0.39, 0.29) is 17.9 Å². The Kier molecular flexibility index (Phi) is 7.11. The van der Waals surface area contributed by atoms with Gasteiger partial charge >= 0.3 is 6.03 Å². The summed E-state index contributed by atoms with van der Waals surface area (Å²) >= 11 is 0. The number of hydrogen-bond donors (Lipinski definition) is 6. The number of urea groups is 1. The molecule has 0 aliphatic heterocycles. The number of amides is 3. The maximum atomic E-state index is 12.4. The fraction of sp³-hybridized carbons (Fsp3) is 0.280. The van der Waals surface area contributed by atoms with Gasteiger partial charge in [-0.2, -0.15) is 0 Å². The average molecular weight is 475 g/mol. The molecule has 2 aromatic carbocycles. The molecule has 0 radical (unpaired) electrons. The number of carbonyl (C=O) groups is 2. The molecule has 3 aromatic rings. The van der Waals surface area contributed by atoms with Crippen LogP contribution in [-0.2, 0) is 4.79 Å². The van der Waals surface area contributed by atoms with Crippen molar-refractivity contribution in [2.24, 2.45) is 11.7 Å². The van der Waals surface area contributed by atoms with Gasteiger partial charge in [0, 0.05) is 29.0 Å². The van der Waals surface area contributed by atoms with E-state index in [9.17, 15) is 9.59 Å². The van der Waals surface area contributed by atoms with Gasteiger partial charge in [0.25, 0.3) is 0 Å². The Bertz CT molecular complexity index is 1210. The highest BCUT2D eigenvalue weighted by molar-refractivity contribution is 6.00. The highest BCUT2D eigenvalue weighted by atomic mass is 16.2. The summed E-state index contributed by atoms with van der Waals surface area (Å²) in [5, 5.41) is 11.7. The molecule has 1 aliphatic carbocycles. The number of nitrogens with one attached hydrogen (secondary N) is 4. The lowest BCUT2D eigenvalue weighted by molar-refractivity contribution is -0.117. The van der Waals surface area contributed by atoms with Gasteiger partial charge in [-0.05, 0) is 62.6 Å². The van der Waals surface area contributed by atoms with E-state index in [2.05, 4.69) is 31.2 Å². The number of rotatable bonds is 8. The molecule has 0 bridgehead atoms. The molecule has 182 valence electrons. The number of nitrogen functional groups attached to an aromatic ring is 1. The van der Waals surface area contributed by atoms with Gasteiger partial charge < -0.3 is 32.7 Å². The highest BCUT2D eigenvalue weighted by Gasteiger charge is 2.31. The van der Waals surface area contributed by atoms with Crippen LogP contribution in [0.4, 0.5) is 33.5 Å². The first kappa shape index (κ1) is 24.0. The van der Waals surface area contributed by atoms with E-state index < -0.39 is 12.1 Å². The van der Waals surface area contributed by atoms with Crippen molar-refractivity contribution in [3.8, 4) is 0 Å². The first-order valence-electron chi connectivity index (χ1n) is 11.5. The van der Waals surface area contributed by atoms with Gasteiger partial charge in [0.15, 0.2) is 0 Å². The Morgan fingerprint density at radius 1 is 0.943 bits per heavy atom. The second-order valence-corrected chi connectivity index (χ2v) is 8.85. The number of aromatic nitrogens is 2. The Morgan fingerprint density at radius 3 is 2.29 bits per heavy atom. The molecule has 35 heavy (non-hydrogen) atoms. The summed E-state index contributed by atoms with van der Waals surface area (Å²) in [4.78, 5) is 33.4. The van der Waals surface area contributed by atoms with E-state index in [0.29, 0.717) is 34.3 Å². The number of anilines is 5. The lowest BCUT2D eigenvalue weighted by Crippen LogP contribution is -2.24. The van der Waals surface area contributed by atoms with Gasteiger partial charge in [-0.1, -0.05) is 18.2 Å². The minimum atomic E-state index is -0.609. The molecule has 1 aliphatic rings. The molecule has 0 saturated heterocycles. The van der Waals surface area contributed by atoms with Crippen molar-refractivity contribution in [2.75, 3.05) is 27.0 Å². The molecule has 10 nitrogen and oxygen atoms in total. The van der Waals surface area contributed by atoms with Gasteiger partial charge in [-0.3, -0.25) is 4.79 Å². The molecule has 1 heterocycles. The number of carbonyl (C=O) groups excluding carboxylic acids is 2.